The molecule has 0 aromatic heterocycles. The summed E-state index contributed by atoms with van der Waals surface area (Å²) in [6.45, 7) is 4.42. The van der Waals surface area contributed by atoms with Crippen LogP contribution in [0.15, 0.2) is 24.3 Å². The number of aryl methyl sites for hydroxylation is 1. The molecule has 0 amide bonds. The molecule has 1 N–H and O–H groups in total. The Kier molecular flexibility index (Phi) is 2.73. The highest BCUT2D eigenvalue weighted by Crippen LogP contribution is 2.17. The molecule has 0 unspecified atom stereocenters. The lowest BCUT2D eigenvalue weighted by Gasteiger charge is -2.37. The number of anilines is 1. The van der Waals surface area contributed by atoms with Gasteiger partial charge in [0.1, 0.15) is 0 Å². The molecular formula is C12H18N2. The van der Waals surface area contributed by atoms with Gasteiger partial charge >= 0.3 is 0 Å². The first-order chi connectivity index (χ1) is 6.81. The smallest absolute Gasteiger partial charge is 0.0535 e. The van der Waals surface area contributed by atoms with E-state index in [9.17, 15) is 0 Å². The van der Waals surface area contributed by atoms with Gasteiger partial charge in [-0.25, -0.2) is 0 Å². The van der Waals surface area contributed by atoms with E-state index in [-0.39, 0.29) is 0 Å². The van der Waals surface area contributed by atoms with Crippen LogP contribution in [0.5, 0.6) is 0 Å². The van der Waals surface area contributed by atoms with Crippen molar-refractivity contribution in [3.63, 3.8) is 0 Å². The molecule has 2 rings (SSSR count). The van der Waals surface area contributed by atoms with Gasteiger partial charge in [-0.3, -0.25) is 0 Å². The SMILES string of the molecule is CCc1ccc(N(C)C2CNC2)cc1. The fourth-order valence-electron chi connectivity index (χ4n) is 1.72. The van der Waals surface area contributed by atoms with E-state index in [4.69, 9.17) is 0 Å². The van der Waals surface area contributed by atoms with Crippen LogP contribution in [0.25, 0.3) is 0 Å². The van der Waals surface area contributed by atoms with Gasteiger partial charge in [-0.15, -0.1) is 0 Å². The number of benzene rings is 1. The third-order valence-electron chi connectivity index (χ3n) is 3.06. The molecule has 1 aliphatic heterocycles. The van der Waals surface area contributed by atoms with Crippen molar-refractivity contribution in [1.82, 2.24) is 5.32 Å². The Balaban J connectivity index is 2.07. The lowest BCUT2D eigenvalue weighted by molar-refractivity contribution is 0.429. The molecule has 14 heavy (non-hydrogen) atoms. The summed E-state index contributed by atoms with van der Waals surface area (Å²) in [5.41, 5.74) is 2.74. The summed E-state index contributed by atoms with van der Waals surface area (Å²) in [5.74, 6) is 0. The Morgan fingerprint density at radius 3 is 2.36 bits per heavy atom. The van der Waals surface area contributed by atoms with Crippen LogP contribution in [0.2, 0.25) is 0 Å². The van der Waals surface area contributed by atoms with Crippen molar-refractivity contribution in [2.45, 2.75) is 19.4 Å². The summed E-state index contributed by atoms with van der Waals surface area (Å²) in [5, 5.41) is 3.29. The van der Waals surface area contributed by atoms with E-state index in [0.29, 0.717) is 6.04 Å². The molecule has 1 heterocycles. The Bertz CT molecular complexity index is 288. The highest BCUT2D eigenvalue weighted by molar-refractivity contribution is 5.48. The average molecular weight is 190 g/mol. The zero-order chi connectivity index (χ0) is 9.97. The topological polar surface area (TPSA) is 15.3 Å². The van der Waals surface area contributed by atoms with Gasteiger partial charge in [0.25, 0.3) is 0 Å². The molecule has 1 aromatic rings. The lowest BCUT2D eigenvalue weighted by atomic mass is 10.1. The van der Waals surface area contributed by atoms with Crippen molar-refractivity contribution in [3.05, 3.63) is 29.8 Å². The van der Waals surface area contributed by atoms with E-state index < -0.39 is 0 Å². The standard InChI is InChI=1S/C12H18N2/c1-3-10-4-6-11(7-5-10)14(2)12-8-13-9-12/h4-7,12-13H,3,8-9H2,1-2H3. The summed E-state index contributed by atoms with van der Waals surface area (Å²) in [7, 11) is 2.17. The van der Waals surface area contributed by atoms with Crippen LogP contribution in [0, 0.1) is 0 Å². The predicted molar refractivity (Wildman–Crippen MR) is 60.9 cm³/mol. The molecule has 1 aromatic carbocycles. The maximum atomic E-state index is 3.29. The highest BCUT2D eigenvalue weighted by atomic mass is 15.2. The van der Waals surface area contributed by atoms with Crippen molar-refractivity contribution in [2.24, 2.45) is 0 Å². The average Bonchev–Trinajstić information content (AvgIpc) is 2.15. The van der Waals surface area contributed by atoms with Gasteiger partial charge in [0.2, 0.25) is 0 Å². The predicted octanol–water partition coefficient (Wildman–Crippen LogP) is 1.66. The maximum absolute atomic E-state index is 3.29. The van der Waals surface area contributed by atoms with Gasteiger partial charge in [0.05, 0.1) is 6.04 Å². The van der Waals surface area contributed by atoms with Crippen LogP contribution in [0.1, 0.15) is 12.5 Å². The van der Waals surface area contributed by atoms with Crippen molar-refractivity contribution < 1.29 is 0 Å². The molecule has 1 saturated heterocycles. The van der Waals surface area contributed by atoms with Crippen LogP contribution < -0.4 is 10.2 Å². The highest BCUT2D eigenvalue weighted by Gasteiger charge is 2.21. The van der Waals surface area contributed by atoms with E-state index in [0.717, 1.165) is 19.5 Å². The molecule has 0 saturated carbocycles. The third kappa shape index (κ3) is 1.75. The molecule has 0 aliphatic carbocycles. The van der Waals surface area contributed by atoms with E-state index >= 15 is 0 Å². The first-order valence-electron chi connectivity index (χ1n) is 5.33. The summed E-state index contributed by atoms with van der Waals surface area (Å²) in [6, 6.07) is 9.56. The van der Waals surface area contributed by atoms with E-state index in [1.165, 1.54) is 11.3 Å². The molecule has 2 heteroatoms. The molecular weight excluding hydrogens is 172 g/mol. The van der Waals surface area contributed by atoms with Crippen molar-refractivity contribution in [1.29, 1.82) is 0 Å². The van der Waals surface area contributed by atoms with Gasteiger partial charge in [0.15, 0.2) is 0 Å². The second-order valence-electron chi connectivity index (χ2n) is 3.94. The zero-order valence-electron chi connectivity index (χ0n) is 8.96. The van der Waals surface area contributed by atoms with E-state index in [2.05, 4.69) is 48.5 Å². The summed E-state index contributed by atoms with van der Waals surface area (Å²) < 4.78 is 0. The number of nitrogens with zero attached hydrogens (tertiary/aromatic N) is 1. The molecule has 0 atom stereocenters. The number of hydrogen-bond acceptors (Lipinski definition) is 2. The monoisotopic (exact) mass is 190 g/mol. The first-order valence-corrected chi connectivity index (χ1v) is 5.33. The lowest BCUT2D eigenvalue weighted by Crippen LogP contribution is -2.56. The quantitative estimate of drug-likeness (QED) is 0.779. The van der Waals surface area contributed by atoms with Crippen molar-refractivity contribution >= 4 is 5.69 Å². The molecule has 0 bridgehead atoms. The minimum atomic E-state index is 0.683. The molecule has 1 aliphatic rings. The van der Waals surface area contributed by atoms with E-state index in [1.54, 1.807) is 0 Å². The summed E-state index contributed by atoms with van der Waals surface area (Å²) in [4.78, 5) is 2.36. The normalized spacial score (nSPS) is 16.4. The molecule has 1 fully saturated rings. The maximum Gasteiger partial charge on any atom is 0.0535 e. The van der Waals surface area contributed by atoms with Gasteiger partial charge < -0.3 is 10.2 Å². The Labute approximate surface area is 85.9 Å². The summed E-state index contributed by atoms with van der Waals surface area (Å²) in [6.07, 6.45) is 1.12. The number of likely N-dealkylation sites (N-methyl/N-ethyl adjacent to an activating group) is 1. The molecule has 76 valence electrons. The van der Waals surface area contributed by atoms with Crippen molar-refractivity contribution in [3.8, 4) is 0 Å². The minimum absolute atomic E-state index is 0.683. The van der Waals surface area contributed by atoms with Gasteiger partial charge in [-0.2, -0.15) is 0 Å². The Morgan fingerprint density at radius 2 is 1.93 bits per heavy atom. The Morgan fingerprint density at radius 1 is 1.29 bits per heavy atom. The first kappa shape index (κ1) is 9.53. The van der Waals surface area contributed by atoms with Crippen molar-refractivity contribution in [2.75, 3.05) is 25.0 Å². The van der Waals surface area contributed by atoms with Crippen LogP contribution in [0.3, 0.4) is 0 Å². The minimum Gasteiger partial charge on any atom is -0.369 e. The zero-order valence-corrected chi connectivity index (χ0v) is 8.96. The summed E-state index contributed by atoms with van der Waals surface area (Å²) >= 11 is 0. The molecule has 0 spiro atoms. The second-order valence-corrected chi connectivity index (χ2v) is 3.94. The van der Waals surface area contributed by atoms with Crippen LogP contribution >= 0.6 is 0 Å². The second kappa shape index (κ2) is 4.01. The molecule has 0 radical (unpaired) electrons. The largest absolute Gasteiger partial charge is 0.369 e. The number of rotatable bonds is 3. The molecule has 2 nitrogen and oxygen atoms in total. The number of nitrogens with one attached hydrogen (secondary N) is 1. The Hall–Kier alpha value is -1.02. The van der Waals surface area contributed by atoms with Gasteiger partial charge in [-0.1, -0.05) is 19.1 Å². The van der Waals surface area contributed by atoms with Gasteiger partial charge in [-0.05, 0) is 24.1 Å². The fraction of sp³-hybridized carbons (Fsp3) is 0.500. The number of hydrogen-bond donors (Lipinski definition) is 1. The van der Waals surface area contributed by atoms with Crippen LogP contribution in [0.4, 0.5) is 5.69 Å². The van der Waals surface area contributed by atoms with Gasteiger partial charge in [0, 0.05) is 25.8 Å². The van der Waals surface area contributed by atoms with Crippen LogP contribution in [-0.2, 0) is 6.42 Å². The third-order valence-corrected chi connectivity index (χ3v) is 3.06. The fourth-order valence-corrected chi connectivity index (χ4v) is 1.72. The van der Waals surface area contributed by atoms with E-state index in [1.807, 2.05) is 0 Å². The van der Waals surface area contributed by atoms with Crippen LogP contribution in [-0.4, -0.2) is 26.2 Å².